The molecule has 0 aromatic heterocycles. The molecule has 0 aliphatic carbocycles. The molecule has 2 rings (SSSR count). The number of piperidine rings is 1. The van der Waals surface area contributed by atoms with Gasteiger partial charge in [-0.2, -0.15) is 13.2 Å². The van der Waals surface area contributed by atoms with E-state index in [4.69, 9.17) is 0 Å². The number of carbonyl (C=O) groups is 1. The van der Waals surface area contributed by atoms with Crippen molar-refractivity contribution in [2.45, 2.75) is 32.9 Å². The van der Waals surface area contributed by atoms with E-state index in [2.05, 4.69) is 29.8 Å². The van der Waals surface area contributed by atoms with Crippen LogP contribution < -0.4 is 0 Å². The Kier molecular flexibility index (Phi) is 4.38. The molecule has 1 heterocycles. The van der Waals surface area contributed by atoms with Crippen molar-refractivity contribution in [3.05, 3.63) is 33.8 Å². The Morgan fingerprint density at radius 1 is 1.33 bits per heavy atom. The predicted molar refractivity (Wildman–Crippen MR) is 78.1 cm³/mol. The SMILES string of the molecule is CC1(C)CCCN(C(=O)c2cc(C(F)(F)F)ccc2Br)C1. The summed E-state index contributed by atoms with van der Waals surface area (Å²) in [4.78, 5) is 14.2. The van der Waals surface area contributed by atoms with Crippen LogP contribution in [0.3, 0.4) is 0 Å². The van der Waals surface area contributed by atoms with Crippen LogP contribution in [-0.4, -0.2) is 23.9 Å². The number of carbonyl (C=O) groups excluding carboxylic acids is 1. The molecule has 1 aliphatic heterocycles. The fourth-order valence-electron chi connectivity index (χ4n) is 2.63. The zero-order valence-electron chi connectivity index (χ0n) is 11.9. The van der Waals surface area contributed by atoms with Crippen molar-refractivity contribution >= 4 is 21.8 Å². The number of halogens is 4. The molecule has 0 spiro atoms. The van der Waals surface area contributed by atoms with Gasteiger partial charge < -0.3 is 4.90 Å². The lowest BCUT2D eigenvalue weighted by Crippen LogP contribution is -2.43. The van der Waals surface area contributed by atoms with Crippen molar-refractivity contribution in [1.82, 2.24) is 4.90 Å². The summed E-state index contributed by atoms with van der Waals surface area (Å²) >= 11 is 3.18. The third kappa shape index (κ3) is 3.78. The van der Waals surface area contributed by atoms with E-state index >= 15 is 0 Å². The van der Waals surface area contributed by atoms with Crippen molar-refractivity contribution in [3.63, 3.8) is 0 Å². The molecular formula is C15H17BrF3NO. The first-order valence-corrected chi connectivity index (χ1v) is 7.55. The quantitative estimate of drug-likeness (QED) is 0.706. The molecule has 1 fully saturated rings. The molecule has 116 valence electrons. The number of alkyl halides is 3. The second-order valence-corrected chi connectivity index (χ2v) is 7.04. The van der Waals surface area contributed by atoms with Gasteiger partial charge in [0.15, 0.2) is 0 Å². The monoisotopic (exact) mass is 363 g/mol. The van der Waals surface area contributed by atoms with Gasteiger partial charge in [-0.15, -0.1) is 0 Å². The van der Waals surface area contributed by atoms with Crippen molar-refractivity contribution in [2.24, 2.45) is 5.41 Å². The lowest BCUT2D eigenvalue weighted by Gasteiger charge is -2.38. The standard InChI is InChI=1S/C15H17BrF3NO/c1-14(2)6-3-7-20(9-14)13(21)11-8-10(15(17,18)19)4-5-12(11)16/h4-5,8H,3,6-7,9H2,1-2H3. The van der Waals surface area contributed by atoms with Gasteiger partial charge in [-0.05, 0) is 52.4 Å². The molecule has 1 amide bonds. The molecule has 0 saturated carbocycles. The lowest BCUT2D eigenvalue weighted by molar-refractivity contribution is -0.137. The van der Waals surface area contributed by atoms with Crippen LogP contribution in [0.5, 0.6) is 0 Å². The summed E-state index contributed by atoms with van der Waals surface area (Å²) in [6.45, 7) is 5.28. The zero-order chi connectivity index (χ0) is 15.8. The fourth-order valence-corrected chi connectivity index (χ4v) is 3.05. The van der Waals surface area contributed by atoms with E-state index < -0.39 is 11.7 Å². The summed E-state index contributed by atoms with van der Waals surface area (Å²) in [6, 6.07) is 3.18. The van der Waals surface area contributed by atoms with E-state index in [-0.39, 0.29) is 16.9 Å². The number of hydrogen-bond donors (Lipinski definition) is 0. The molecule has 1 aliphatic rings. The first kappa shape index (κ1) is 16.3. The first-order chi connectivity index (χ1) is 9.60. The van der Waals surface area contributed by atoms with E-state index in [9.17, 15) is 18.0 Å². The third-order valence-corrected chi connectivity index (χ3v) is 4.40. The van der Waals surface area contributed by atoms with Crippen LogP contribution in [0.2, 0.25) is 0 Å². The maximum absolute atomic E-state index is 12.8. The number of amides is 1. The molecule has 1 saturated heterocycles. The fraction of sp³-hybridized carbons (Fsp3) is 0.533. The van der Waals surface area contributed by atoms with E-state index in [1.54, 1.807) is 4.90 Å². The smallest absolute Gasteiger partial charge is 0.338 e. The second-order valence-electron chi connectivity index (χ2n) is 6.19. The van der Waals surface area contributed by atoms with Crippen molar-refractivity contribution in [1.29, 1.82) is 0 Å². The maximum Gasteiger partial charge on any atom is 0.416 e. The van der Waals surface area contributed by atoms with Gasteiger partial charge in [0.2, 0.25) is 0 Å². The van der Waals surface area contributed by atoms with Gasteiger partial charge in [-0.3, -0.25) is 4.79 Å². The predicted octanol–water partition coefficient (Wildman–Crippen LogP) is 4.73. The molecule has 6 heteroatoms. The number of hydrogen-bond acceptors (Lipinski definition) is 1. The van der Waals surface area contributed by atoms with Crippen LogP contribution >= 0.6 is 15.9 Å². The molecule has 1 aromatic carbocycles. The summed E-state index contributed by atoms with van der Waals surface area (Å²) in [5.41, 5.74) is -0.727. The Morgan fingerprint density at radius 3 is 2.57 bits per heavy atom. The van der Waals surface area contributed by atoms with Gasteiger partial charge in [0.05, 0.1) is 11.1 Å². The average molecular weight is 364 g/mol. The third-order valence-electron chi connectivity index (χ3n) is 3.71. The number of benzene rings is 1. The molecule has 1 aromatic rings. The van der Waals surface area contributed by atoms with Gasteiger partial charge in [0, 0.05) is 17.6 Å². The van der Waals surface area contributed by atoms with Gasteiger partial charge in [-0.1, -0.05) is 13.8 Å². The normalized spacial score (nSPS) is 18.7. The highest BCUT2D eigenvalue weighted by Gasteiger charge is 2.34. The first-order valence-electron chi connectivity index (χ1n) is 6.76. The molecule has 0 unspecified atom stereocenters. The summed E-state index contributed by atoms with van der Waals surface area (Å²) in [7, 11) is 0. The van der Waals surface area contributed by atoms with E-state index in [0.29, 0.717) is 17.6 Å². The van der Waals surface area contributed by atoms with Crippen LogP contribution in [0.1, 0.15) is 42.6 Å². The molecule has 0 radical (unpaired) electrons. The zero-order valence-corrected chi connectivity index (χ0v) is 13.5. The minimum Gasteiger partial charge on any atom is -0.338 e. The summed E-state index contributed by atoms with van der Waals surface area (Å²) in [6.07, 6.45) is -2.56. The molecule has 2 nitrogen and oxygen atoms in total. The molecule has 21 heavy (non-hydrogen) atoms. The number of likely N-dealkylation sites (tertiary alicyclic amines) is 1. The van der Waals surface area contributed by atoms with E-state index in [0.717, 1.165) is 25.0 Å². The second kappa shape index (κ2) is 5.63. The lowest BCUT2D eigenvalue weighted by atomic mass is 9.84. The minimum atomic E-state index is -4.45. The van der Waals surface area contributed by atoms with Crippen LogP contribution in [0.25, 0.3) is 0 Å². The molecule has 0 atom stereocenters. The topological polar surface area (TPSA) is 20.3 Å². The Hall–Kier alpha value is -1.04. The average Bonchev–Trinajstić information content (AvgIpc) is 2.36. The van der Waals surface area contributed by atoms with E-state index in [1.807, 2.05) is 0 Å². The van der Waals surface area contributed by atoms with Crippen LogP contribution in [0, 0.1) is 5.41 Å². The number of rotatable bonds is 1. The van der Waals surface area contributed by atoms with Gasteiger partial charge in [-0.25, -0.2) is 0 Å². The van der Waals surface area contributed by atoms with Crippen molar-refractivity contribution in [3.8, 4) is 0 Å². The minimum absolute atomic E-state index is 0.00201. The highest BCUT2D eigenvalue weighted by Crippen LogP contribution is 2.34. The maximum atomic E-state index is 12.8. The van der Waals surface area contributed by atoms with Crippen LogP contribution in [0.4, 0.5) is 13.2 Å². The highest BCUT2D eigenvalue weighted by molar-refractivity contribution is 9.10. The van der Waals surface area contributed by atoms with Crippen molar-refractivity contribution < 1.29 is 18.0 Å². The summed E-state index contributed by atoms with van der Waals surface area (Å²) < 4.78 is 38.8. The Labute approximate surface area is 130 Å². The van der Waals surface area contributed by atoms with Gasteiger partial charge in [0.25, 0.3) is 5.91 Å². The molecule has 0 N–H and O–H groups in total. The Morgan fingerprint density at radius 2 is 2.00 bits per heavy atom. The summed E-state index contributed by atoms with van der Waals surface area (Å²) in [5, 5.41) is 0. The Balaban J connectivity index is 2.30. The molecule has 0 bridgehead atoms. The van der Waals surface area contributed by atoms with Crippen molar-refractivity contribution in [2.75, 3.05) is 13.1 Å². The van der Waals surface area contributed by atoms with E-state index in [1.165, 1.54) is 6.07 Å². The highest BCUT2D eigenvalue weighted by atomic mass is 79.9. The van der Waals surface area contributed by atoms with Crippen LogP contribution in [-0.2, 0) is 6.18 Å². The summed E-state index contributed by atoms with van der Waals surface area (Å²) in [5.74, 6) is -0.347. The Bertz CT molecular complexity index is 554. The van der Waals surface area contributed by atoms with Crippen LogP contribution in [0.15, 0.2) is 22.7 Å². The van der Waals surface area contributed by atoms with Gasteiger partial charge >= 0.3 is 6.18 Å². The number of nitrogens with zero attached hydrogens (tertiary/aromatic N) is 1. The van der Waals surface area contributed by atoms with Gasteiger partial charge in [0.1, 0.15) is 0 Å². The molecular weight excluding hydrogens is 347 g/mol. The largest absolute Gasteiger partial charge is 0.416 e.